The van der Waals surface area contributed by atoms with Gasteiger partial charge in [0.2, 0.25) is 5.91 Å². The number of amides is 1. The second-order valence-electron chi connectivity index (χ2n) is 8.17. The third-order valence-electron chi connectivity index (χ3n) is 6.05. The van der Waals surface area contributed by atoms with Gasteiger partial charge in [0, 0.05) is 23.1 Å². The third kappa shape index (κ3) is 4.30. The van der Waals surface area contributed by atoms with Crippen molar-refractivity contribution in [1.29, 1.82) is 0 Å². The van der Waals surface area contributed by atoms with Gasteiger partial charge in [-0.15, -0.1) is 0 Å². The topological polar surface area (TPSA) is 62.7 Å². The largest absolute Gasteiger partial charge is 0.354 e. The number of hydrogen-bond donors (Lipinski definition) is 2. The van der Waals surface area contributed by atoms with Crippen molar-refractivity contribution < 1.29 is 13.6 Å². The fourth-order valence-corrected chi connectivity index (χ4v) is 4.62. The number of aromatic amines is 1. The number of nitrogens with one attached hydrogen (secondary N) is 2. The van der Waals surface area contributed by atoms with Crippen LogP contribution in [0.1, 0.15) is 36.8 Å². The molecule has 1 aromatic heterocycles. The average Bonchev–Trinajstić information content (AvgIpc) is 3.35. The van der Waals surface area contributed by atoms with Crippen LogP contribution in [0.4, 0.5) is 8.78 Å². The number of hydrogen-bond acceptors (Lipinski definition) is 3. The lowest BCUT2D eigenvalue weighted by molar-refractivity contribution is -0.121. The Morgan fingerprint density at radius 2 is 1.81 bits per heavy atom. The summed E-state index contributed by atoms with van der Waals surface area (Å²) < 4.78 is 31.0. The van der Waals surface area contributed by atoms with Crippen molar-refractivity contribution in [2.24, 2.45) is 0 Å². The Balaban J connectivity index is 1.53. The van der Waals surface area contributed by atoms with Gasteiger partial charge in [0.1, 0.15) is 18.2 Å². The second-order valence-corrected chi connectivity index (χ2v) is 8.55. The summed E-state index contributed by atoms with van der Waals surface area (Å²) in [6, 6.07) is 11.7. The maximum Gasteiger partial charge on any atom is 0.240 e. The molecule has 4 rings (SSSR count). The maximum absolute atomic E-state index is 14.5. The summed E-state index contributed by atoms with van der Waals surface area (Å²) in [5, 5.41) is 9.89. The molecule has 1 saturated carbocycles. The molecule has 1 aliphatic rings. The zero-order valence-corrected chi connectivity index (χ0v) is 18.1. The molecule has 2 N–H and O–H groups in total. The van der Waals surface area contributed by atoms with E-state index in [2.05, 4.69) is 15.5 Å². The molecule has 1 fully saturated rings. The van der Waals surface area contributed by atoms with E-state index in [1.165, 1.54) is 18.2 Å². The highest BCUT2D eigenvalue weighted by Crippen LogP contribution is 2.42. The Morgan fingerprint density at radius 1 is 1.16 bits per heavy atom. The molecular formula is C23H24F2N4OS. The second kappa shape index (κ2) is 8.70. The molecule has 31 heavy (non-hydrogen) atoms. The molecule has 5 nitrogen and oxygen atoms in total. The summed E-state index contributed by atoms with van der Waals surface area (Å²) in [5.74, 6) is -0.838. The summed E-state index contributed by atoms with van der Waals surface area (Å²) in [6.07, 6.45) is 3.00. The van der Waals surface area contributed by atoms with Gasteiger partial charge in [-0.05, 0) is 44.1 Å². The first-order valence-electron chi connectivity index (χ1n) is 10.3. The van der Waals surface area contributed by atoms with Gasteiger partial charge < -0.3 is 5.32 Å². The lowest BCUT2D eigenvalue weighted by atomic mass is 9.78. The van der Waals surface area contributed by atoms with E-state index in [9.17, 15) is 13.6 Å². The number of H-pyrrole nitrogens is 1. The van der Waals surface area contributed by atoms with E-state index >= 15 is 0 Å². The molecule has 8 heteroatoms. The van der Waals surface area contributed by atoms with E-state index in [4.69, 9.17) is 12.2 Å². The van der Waals surface area contributed by atoms with Crippen LogP contribution >= 0.6 is 12.2 Å². The number of nitrogens with zero attached hydrogens (tertiary/aromatic N) is 2. The van der Waals surface area contributed by atoms with Crippen molar-refractivity contribution in [3.63, 3.8) is 0 Å². The number of rotatable bonds is 6. The number of carbonyl (C=O) groups excluding carboxylic acids is 1. The zero-order valence-electron chi connectivity index (χ0n) is 17.3. The van der Waals surface area contributed by atoms with Crippen molar-refractivity contribution in [2.75, 3.05) is 6.54 Å². The Labute approximate surface area is 184 Å². The van der Waals surface area contributed by atoms with Gasteiger partial charge in [0.25, 0.3) is 0 Å². The number of aryl methyl sites for hydroxylation is 1. The molecular weight excluding hydrogens is 418 g/mol. The van der Waals surface area contributed by atoms with Crippen LogP contribution in [0.25, 0.3) is 11.4 Å². The van der Waals surface area contributed by atoms with E-state index in [0.717, 1.165) is 24.0 Å². The number of halogens is 2. The predicted octanol–water partition coefficient (Wildman–Crippen LogP) is 4.82. The van der Waals surface area contributed by atoms with Crippen LogP contribution in [-0.4, -0.2) is 27.2 Å². The van der Waals surface area contributed by atoms with E-state index in [1.54, 1.807) is 4.57 Å². The Morgan fingerprint density at radius 3 is 2.45 bits per heavy atom. The highest BCUT2D eigenvalue weighted by molar-refractivity contribution is 7.71. The van der Waals surface area contributed by atoms with Crippen LogP contribution < -0.4 is 5.32 Å². The molecule has 0 saturated heterocycles. The molecule has 0 atom stereocenters. The van der Waals surface area contributed by atoms with Gasteiger partial charge in [-0.25, -0.2) is 8.78 Å². The van der Waals surface area contributed by atoms with Gasteiger partial charge >= 0.3 is 0 Å². The highest BCUT2D eigenvalue weighted by atomic mass is 32.1. The van der Waals surface area contributed by atoms with Crippen molar-refractivity contribution in [2.45, 2.75) is 44.6 Å². The first-order valence-corrected chi connectivity index (χ1v) is 10.7. The number of benzene rings is 2. The standard InChI is InChI=1S/C23H24F2N4OS/c1-15-7-9-16(10-8-15)21-27-28-22(31)29(21)13-19(30)26-14-23(11-2-3-12-23)20-17(24)5-4-6-18(20)25/h4-10H,2-3,11-14H2,1H3,(H,26,30)(H,28,31). The van der Waals surface area contributed by atoms with Crippen LogP contribution in [0.2, 0.25) is 0 Å². The molecule has 1 amide bonds. The minimum Gasteiger partial charge on any atom is -0.354 e. The normalized spacial score (nSPS) is 15.2. The van der Waals surface area contributed by atoms with Gasteiger partial charge in [0.05, 0.1) is 0 Å². The number of aromatic nitrogens is 3. The summed E-state index contributed by atoms with van der Waals surface area (Å²) in [5.41, 5.74) is 1.30. The molecule has 0 unspecified atom stereocenters. The molecule has 3 aromatic rings. The van der Waals surface area contributed by atoms with Gasteiger partial charge in [-0.3, -0.25) is 14.5 Å². The molecule has 0 spiro atoms. The number of carbonyl (C=O) groups is 1. The Kier molecular flexibility index (Phi) is 6.00. The van der Waals surface area contributed by atoms with E-state index in [1.807, 2.05) is 31.2 Å². The van der Waals surface area contributed by atoms with Gasteiger partial charge in [-0.1, -0.05) is 48.7 Å². The third-order valence-corrected chi connectivity index (χ3v) is 6.36. The Hall–Kier alpha value is -2.87. The first kappa shape index (κ1) is 21.4. The molecule has 0 aliphatic heterocycles. The predicted molar refractivity (Wildman–Crippen MR) is 117 cm³/mol. The van der Waals surface area contributed by atoms with Crippen molar-refractivity contribution in [1.82, 2.24) is 20.1 Å². The molecule has 1 aliphatic carbocycles. The molecule has 0 bridgehead atoms. The summed E-state index contributed by atoms with van der Waals surface area (Å²) >= 11 is 5.31. The van der Waals surface area contributed by atoms with Crippen LogP contribution in [0.5, 0.6) is 0 Å². The van der Waals surface area contributed by atoms with Crippen LogP contribution in [0.15, 0.2) is 42.5 Å². The molecule has 2 aromatic carbocycles. The fraction of sp³-hybridized carbons (Fsp3) is 0.348. The van der Waals surface area contributed by atoms with E-state index < -0.39 is 17.0 Å². The lowest BCUT2D eigenvalue weighted by Crippen LogP contribution is -2.41. The SMILES string of the molecule is Cc1ccc(-c2n[nH]c(=S)n2CC(=O)NCC2(c3c(F)cccc3F)CCCC2)cc1. The molecule has 1 heterocycles. The molecule has 0 radical (unpaired) electrons. The fourth-order valence-electron chi connectivity index (χ4n) is 4.43. The quantitative estimate of drug-likeness (QED) is 0.538. The summed E-state index contributed by atoms with van der Waals surface area (Å²) in [7, 11) is 0. The Bertz CT molecular complexity index is 1130. The monoisotopic (exact) mass is 442 g/mol. The first-order chi connectivity index (χ1) is 14.9. The lowest BCUT2D eigenvalue weighted by Gasteiger charge is -2.30. The average molecular weight is 443 g/mol. The van der Waals surface area contributed by atoms with Crippen molar-refractivity contribution >= 4 is 18.1 Å². The van der Waals surface area contributed by atoms with Crippen molar-refractivity contribution in [3.8, 4) is 11.4 Å². The van der Waals surface area contributed by atoms with E-state index in [-0.39, 0.29) is 24.6 Å². The van der Waals surface area contributed by atoms with E-state index in [0.29, 0.717) is 23.4 Å². The summed E-state index contributed by atoms with van der Waals surface area (Å²) in [6.45, 7) is 2.13. The zero-order chi connectivity index (χ0) is 22.0. The van der Waals surface area contributed by atoms with Gasteiger partial charge in [0.15, 0.2) is 10.6 Å². The van der Waals surface area contributed by atoms with Crippen LogP contribution in [0, 0.1) is 23.3 Å². The van der Waals surface area contributed by atoms with Crippen LogP contribution in [-0.2, 0) is 16.8 Å². The smallest absolute Gasteiger partial charge is 0.240 e. The van der Waals surface area contributed by atoms with Gasteiger partial charge in [-0.2, -0.15) is 5.10 Å². The molecule has 162 valence electrons. The highest BCUT2D eigenvalue weighted by Gasteiger charge is 2.40. The van der Waals surface area contributed by atoms with Crippen LogP contribution in [0.3, 0.4) is 0 Å². The minimum atomic E-state index is -0.733. The minimum absolute atomic E-state index is 0.0334. The summed E-state index contributed by atoms with van der Waals surface area (Å²) in [4.78, 5) is 12.8. The van der Waals surface area contributed by atoms with Crippen molar-refractivity contribution in [3.05, 3.63) is 70.0 Å². The maximum atomic E-state index is 14.5.